The van der Waals surface area contributed by atoms with Gasteiger partial charge in [0.1, 0.15) is 12.1 Å². The van der Waals surface area contributed by atoms with Crippen LogP contribution >= 0.6 is 45.3 Å². The van der Waals surface area contributed by atoms with Gasteiger partial charge in [-0.15, -0.1) is 45.3 Å². The molecule has 6 aromatic heterocycles. The molecule has 0 atom stereocenters. The summed E-state index contributed by atoms with van der Waals surface area (Å²) in [4.78, 5) is 118. The first kappa shape index (κ1) is 60.4. The number of unbranched alkanes of at least 4 members (excludes halogenated alkanes) is 20. The number of hydrogen-bond acceptors (Lipinski definition) is 14. The molecule has 0 aliphatic carbocycles. The molecule has 18 heteroatoms. The molecule has 14 nitrogen and oxygen atoms in total. The van der Waals surface area contributed by atoms with Gasteiger partial charge in [-0.05, 0) is 49.9 Å². The fourth-order valence-corrected chi connectivity index (χ4v) is 18.1. The summed E-state index contributed by atoms with van der Waals surface area (Å²) in [7, 11) is 0. The van der Waals surface area contributed by atoms with Crippen molar-refractivity contribution in [1.82, 2.24) is 18.3 Å². The Morgan fingerprint density at radius 2 is 0.512 bits per heavy atom. The van der Waals surface area contributed by atoms with E-state index in [4.69, 9.17) is 0 Å². The van der Waals surface area contributed by atoms with Gasteiger partial charge >= 0.3 is 0 Å². The molecule has 0 unspecified atom stereocenters. The summed E-state index contributed by atoms with van der Waals surface area (Å²) in [5.41, 5.74) is -4.41. The summed E-state index contributed by atoms with van der Waals surface area (Å²) < 4.78 is 7.03. The topological polar surface area (TPSA) is 204 Å². The lowest BCUT2D eigenvalue weighted by molar-refractivity contribution is 0.545. The molecule has 0 aliphatic rings. The molecular weight excluding hydrogens is 1130 g/mol. The van der Waals surface area contributed by atoms with Crippen LogP contribution in [-0.2, 0) is 26.2 Å². The Hall–Kier alpha value is -6.70. The van der Waals surface area contributed by atoms with E-state index in [9.17, 15) is 29.7 Å². The average Bonchev–Trinajstić information content (AvgIpc) is 1.36. The summed E-state index contributed by atoms with van der Waals surface area (Å²) >= 11 is 4.30. The Labute approximate surface area is 500 Å². The number of benzene rings is 4. The lowest BCUT2D eigenvalue weighted by Gasteiger charge is -2.15. The molecule has 0 N–H and O–H groups in total. The van der Waals surface area contributed by atoms with Crippen LogP contribution in [-0.4, -0.2) is 18.3 Å². The molecule has 438 valence electrons. The Kier molecular flexibility index (Phi) is 19.2. The Bertz CT molecular complexity index is 4290. The Balaban J connectivity index is 1.26. The number of nitrogens with zero attached hydrogens (tertiary/aromatic N) is 6. The van der Waals surface area contributed by atoms with Crippen molar-refractivity contribution in [3.8, 4) is 12.1 Å². The van der Waals surface area contributed by atoms with Crippen molar-refractivity contribution in [2.45, 2.75) is 208 Å². The van der Waals surface area contributed by atoms with Crippen LogP contribution in [0.3, 0.4) is 0 Å². The maximum Gasteiger partial charge on any atom is 0.262 e. The number of hydrogen-bond donors (Lipinski definition) is 0. The highest BCUT2D eigenvalue weighted by atomic mass is 32.2. The maximum absolute atomic E-state index is 15.1. The summed E-state index contributed by atoms with van der Waals surface area (Å²) in [6.07, 6.45) is 22.3. The van der Waals surface area contributed by atoms with E-state index < -0.39 is 44.5 Å². The normalized spacial score (nSPS) is 12.1. The Morgan fingerprint density at radius 3 is 0.714 bits per heavy atom. The lowest BCUT2D eigenvalue weighted by atomic mass is 9.96. The molecule has 0 saturated carbocycles. The van der Waals surface area contributed by atoms with Gasteiger partial charge in [0.25, 0.3) is 44.5 Å². The zero-order valence-electron chi connectivity index (χ0n) is 48.7. The van der Waals surface area contributed by atoms with Gasteiger partial charge in [-0.1, -0.05) is 156 Å². The summed E-state index contributed by atoms with van der Waals surface area (Å²) in [6, 6.07) is 11.0. The van der Waals surface area contributed by atoms with Crippen molar-refractivity contribution in [2.75, 3.05) is 0 Å². The molecule has 4 aromatic carbocycles. The highest BCUT2D eigenvalue weighted by Crippen LogP contribution is 2.42. The fraction of sp³-hybridized carbons (Fsp3) is 0.485. The summed E-state index contributed by atoms with van der Waals surface area (Å²) in [6.45, 7) is 9.22. The van der Waals surface area contributed by atoms with Gasteiger partial charge < -0.3 is 0 Å². The second kappa shape index (κ2) is 26.7. The molecule has 0 radical (unpaired) electrons. The van der Waals surface area contributed by atoms with E-state index in [2.05, 4.69) is 39.8 Å². The first-order valence-electron chi connectivity index (χ1n) is 30.7. The van der Waals surface area contributed by atoms with Gasteiger partial charge in [0.2, 0.25) is 0 Å². The monoisotopic (exact) mass is 1200 g/mol. The van der Waals surface area contributed by atoms with Crippen molar-refractivity contribution in [3.05, 3.63) is 115 Å². The van der Waals surface area contributed by atoms with E-state index >= 15 is 19.2 Å². The van der Waals surface area contributed by atoms with Gasteiger partial charge in [-0.3, -0.25) is 56.6 Å². The van der Waals surface area contributed by atoms with Crippen LogP contribution in [0.4, 0.5) is 0 Å². The van der Waals surface area contributed by atoms with Crippen LogP contribution in [0.15, 0.2) is 62.6 Å². The minimum absolute atomic E-state index is 0.0763. The second-order valence-corrected chi connectivity index (χ2v) is 27.3. The average molecular weight is 1210 g/mol. The van der Waals surface area contributed by atoms with Crippen LogP contribution in [0.25, 0.3) is 94.6 Å². The highest BCUT2D eigenvalue weighted by Gasteiger charge is 2.29. The smallest absolute Gasteiger partial charge is 0.262 e. The molecule has 84 heavy (non-hydrogen) atoms. The van der Waals surface area contributed by atoms with Crippen LogP contribution in [0, 0.1) is 22.7 Å². The lowest BCUT2D eigenvalue weighted by Crippen LogP contribution is -2.35. The fourth-order valence-electron chi connectivity index (χ4n) is 12.6. The standard InChI is InChI=1S/C66H72N6O8S4/c1-5-9-13-17-21-25-33-69-57(73)39-29-30-40-46-45(39)49(61(69)77)53-54(50(46)62(78)70(58(40)74)34-26-22-18-14-10-6-2)82-65(81-53)43(37-67)44(38-68)66-83-55-51-47-41(59(75)71(63(51)79)35-27-23-19-15-11-7-3)31-32-42-48(47)52(56(55)84-66)64(80)72(60(42)76)36-28-24-20-16-12-8-4/h29-32H,5-28,33-36H2,1-4H3. The summed E-state index contributed by atoms with van der Waals surface area (Å²) in [5.74, 6) is 0. The third-order valence-corrected chi connectivity index (χ3v) is 22.3. The number of pyridine rings is 4. The molecule has 6 heterocycles. The van der Waals surface area contributed by atoms with Crippen molar-refractivity contribution in [2.24, 2.45) is 0 Å². The minimum atomic E-state index is -0.560. The molecule has 0 spiro atoms. The molecule has 0 bridgehead atoms. The first-order chi connectivity index (χ1) is 40.9. The predicted octanol–water partition coefficient (Wildman–Crippen LogP) is 13.0. The Morgan fingerprint density at radius 1 is 0.310 bits per heavy atom. The third kappa shape index (κ3) is 10.9. The molecule has 0 fully saturated rings. The largest absolute Gasteiger partial charge is 0.274 e. The van der Waals surface area contributed by atoms with Gasteiger partial charge in [0.05, 0.1) is 59.2 Å². The molecule has 10 aromatic rings. The second-order valence-electron chi connectivity index (χ2n) is 22.7. The molecule has 0 saturated heterocycles. The highest BCUT2D eigenvalue weighted by molar-refractivity contribution is 7.38. The van der Waals surface area contributed by atoms with Crippen molar-refractivity contribution >= 4 is 140 Å². The SMILES string of the molecule is CCCCCCCCn1c(=O)c2ccc3c(=O)n(CCCCCCCC)c(=O)c4c5sc(=C(C#N)C(C#N)=c6sc7c(s6)c6c(=O)n(CCCCCCCC)c(=O)c8ccc9c(=O)n(CCCCCCCC)c(=O)c7c9c86)sc5c(c1=O)c2c34. The number of nitriles is 2. The number of rotatable bonds is 29. The van der Waals surface area contributed by atoms with Gasteiger partial charge in [-0.2, -0.15) is 10.5 Å². The molecule has 0 aliphatic heterocycles. The van der Waals surface area contributed by atoms with Crippen LogP contribution < -0.4 is 52.2 Å². The predicted molar refractivity (Wildman–Crippen MR) is 351 cm³/mol. The zero-order chi connectivity index (χ0) is 59.3. The van der Waals surface area contributed by atoms with Crippen LogP contribution in [0.2, 0.25) is 0 Å². The van der Waals surface area contributed by atoms with Crippen LogP contribution in [0.1, 0.15) is 182 Å². The van der Waals surface area contributed by atoms with E-state index in [0.29, 0.717) is 44.5 Å². The molecular formula is C66H72N6O8S4. The van der Waals surface area contributed by atoms with E-state index in [0.717, 1.165) is 174 Å². The van der Waals surface area contributed by atoms with Gasteiger partial charge in [0.15, 0.2) is 0 Å². The summed E-state index contributed by atoms with van der Waals surface area (Å²) in [5, 5.41) is 25.2. The minimum Gasteiger partial charge on any atom is -0.274 e. The number of aromatic nitrogens is 4. The maximum atomic E-state index is 15.1. The van der Waals surface area contributed by atoms with Crippen molar-refractivity contribution in [1.29, 1.82) is 10.5 Å². The van der Waals surface area contributed by atoms with Gasteiger partial charge in [-0.25, -0.2) is 0 Å². The van der Waals surface area contributed by atoms with E-state index in [1.54, 1.807) is 24.3 Å². The van der Waals surface area contributed by atoms with Crippen LogP contribution in [0.5, 0.6) is 0 Å². The quantitative estimate of drug-likeness (QED) is 0.0320. The molecule has 0 amide bonds. The van der Waals surface area contributed by atoms with Gasteiger partial charge in [0, 0.05) is 69.3 Å². The van der Waals surface area contributed by atoms with Crippen molar-refractivity contribution in [3.63, 3.8) is 0 Å². The van der Waals surface area contributed by atoms with Crippen molar-refractivity contribution < 1.29 is 0 Å². The van der Waals surface area contributed by atoms with E-state index in [1.807, 2.05) is 0 Å². The number of fused-ring (bicyclic) bond motifs is 6. The van der Waals surface area contributed by atoms with E-state index in [1.165, 1.54) is 18.3 Å². The van der Waals surface area contributed by atoms with E-state index in [-0.39, 0.29) is 110 Å². The zero-order valence-corrected chi connectivity index (χ0v) is 52.0. The third-order valence-electron chi connectivity index (χ3n) is 17.1. The first-order valence-corrected chi connectivity index (χ1v) is 33.9. The molecule has 10 rings (SSSR count).